The number of rotatable bonds is 9. The first-order valence-corrected chi connectivity index (χ1v) is 13.1. The first-order chi connectivity index (χ1) is 17.9. The summed E-state index contributed by atoms with van der Waals surface area (Å²) in [7, 11) is 0. The maximum absolute atomic E-state index is 13.4. The average Bonchev–Trinajstić information content (AvgIpc) is 3.18. The number of carbonyl (C=O) groups excluding carboxylic acids is 3. The van der Waals surface area contributed by atoms with Crippen molar-refractivity contribution in [1.29, 1.82) is 0 Å². The van der Waals surface area contributed by atoms with Crippen molar-refractivity contribution < 1.29 is 19.1 Å². The summed E-state index contributed by atoms with van der Waals surface area (Å²) in [5, 5.41) is 3.11. The number of amides is 2. The van der Waals surface area contributed by atoms with Gasteiger partial charge in [-0.1, -0.05) is 65.8 Å². The molecule has 3 aromatic rings. The molecule has 0 unspecified atom stereocenters. The van der Waals surface area contributed by atoms with Gasteiger partial charge in [0.05, 0.1) is 28.6 Å². The van der Waals surface area contributed by atoms with Crippen molar-refractivity contribution in [3.05, 3.63) is 95.0 Å². The molecule has 9 heteroatoms. The number of ether oxygens (including phenoxy) is 1. The second kappa shape index (κ2) is 12.6. The molecule has 0 aliphatic carbocycles. The molecule has 1 saturated heterocycles. The SMILES string of the molecule is CCOC(=O)c1ccc(N=C2S[C@@H](CC(=O)Nc3ccccc3Cl)C(=O)N2CCc2ccccc2)cc1. The summed E-state index contributed by atoms with van der Waals surface area (Å²) in [6, 6.07) is 23.5. The summed E-state index contributed by atoms with van der Waals surface area (Å²) in [5.74, 6) is -0.875. The van der Waals surface area contributed by atoms with E-state index in [1.54, 1.807) is 60.4 Å². The lowest BCUT2D eigenvalue weighted by Gasteiger charge is -2.16. The van der Waals surface area contributed by atoms with Gasteiger partial charge in [0.15, 0.2) is 5.17 Å². The Kier molecular flexibility index (Phi) is 8.98. The van der Waals surface area contributed by atoms with Gasteiger partial charge in [0.1, 0.15) is 5.25 Å². The molecule has 1 aliphatic heterocycles. The van der Waals surface area contributed by atoms with E-state index in [1.807, 2.05) is 30.3 Å². The van der Waals surface area contributed by atoms with Crippen molar-refractivity contribution in [2.75, 3.05) is 18.5 Å². The molecular formula is C28H26ClN3O4S. The van der Waals surface area contributed by atoms with Crippen molar-refractivity contribution in [2.24, 2.45) is 4.99 Å². The van der Waals surface area contributed by atoms with E-state index in [-0.39, 0.29) is 18.2 Å². The van der Waals surface area contributed by atoms with Crippen LogP contribution in [0.15, 0.2) is 83.9 Å². The van der Waals surface area contributed by atoms with E-state index in [2.05, 4.69) is 10.3 Å². The first kappa shape index (κ1) is 26.4. The van der Waals surface area contributed by atoms with Crippen molar-refractivity contribution >= 4 is 57.7 Å². The fraction of sp³-hybridized carbons (Fsp3) is 0.214. The molecule has 4 rings (SSSR count). The number of anilines is 1. The Labute approximate surface area is 224 Å². The van der Waals surface area contributed by atoms with E-state index >= 15 is 0 Å². The molecule has 0 aromatic heterocycles. The minimum absolute atomic E-state index is 0.0165. The van der Waals surface area contributed by atoms with Crippen LogP contribution in [0, 0.1) is 0 Å². The van der Waals surface area contributed by atoms with Gasteiger partial charge in [0.25, 0.3) is 0 Å². The molecule has 3 aromatic carbocycles. The Balaban J connectivity index is 1.51. The van der Waals surface area contributed by atoms with E-state index in [0.717, 1.165) is 5.56 Å². The summed E-state index contributed by atoms with van der Waals surface area (Å²) in [5.41, 5.74) is 2.62. The van der Waals surface area contributed by atoms with Gasteiger partial charge in [-0.3, -0.25) is 14.5 Å². The topological polar surface area (TPSA) is 88.1 Å². The van der Waals surface area contributed by atoms with E-state index in [4.69, 9.17) is 16.3 Å². The number of nitrogens with zero attached hydrogens (tertiary/aromatic N) is 2. The van der Waals surface area contributed by atoms with E-state index in [1.165, 1.54) is 11.8 Å². The third-order valence-corrected chi connectivity index (χ3v) is 7.11. The number of aliphatic imine (C=N–C) groups is 1. The molecule has 2 amide bonds. The highest BCUT2D eigenvalue weighted by Crippen LogP contribution is 2.32. The number of thioether (sulfide) groups is 1. The second-order valence-corrected chi connectivity index (χ2v) is 9.80. The maximum atomic E-state index is 13.4. The predicted molar refractivity (Wildman–Crippen MR) is 147 cm³/mol. The Morgan fingerprint density at radius 2 is 1.73 bits per heavy atom. The number of amidine groups is 1. The van der Waals surface area contributed by atoms with Crippen LogP contribution in [0.1, 0.15) is 29.3 Å². The van der Waals surface area contributed by atoms with Gasteiger partial charge in [0, 0.05) is 13.0 Å². The van der Waals surface area contributed by atoms with Gasteiger partial charge >= 0.3 is 5.97 Å². The Morgan fingerprint density at radius 3 is 2.43 bits per heavy atom. The molecule has 0 radical (unpaired) electrons. The standard InChI is InChI=1S/C28H26ClN3O4S/c1-2-36-27(35)20-12-14-21(15-13-20)30-28-32(17-16-19-8-4-3-5-9-19)26(34)24(37-28)18-25(33)31-23-11-7-6-10-22(23)29/h3-15,24H,2,16-18H2,1H3,(H,31,33)/t24-/m0/s1. The molecule has 1 aliphatic rings. The average molecular weight is 536 g/mol. The predicted octanol–water partition coefficient (Wildman–Crippen LogP) is 5.72. The zero-order chi connectivity index (χ0) is 26.2. The number of nitrogens with one attached hydrogen (secondary N) is 1. The van der Waals surface area contributed by atoms with Crippen molar-refractivity contribution in [1.82, 2.24) is 4.90 Å². The number of carbonyl (C=O) groups is 3. The minimum Gasteiger partial charge on any atom is -0.462 e. The Bertz CT molecular complexity index is 1300. The lowest BCUT2D eigenvalue weighted by Crippen LogP contribution is -2.35. The molecule has 1 heterocycles. The summed E-state index contributed by atoms with van der Waals surface area (Å²) >= 11 is 7.41. The highest BCUT2D eigenvalue weighted by Gasteiger charge is 2.39. The summed E-state index contributed by atoms with van der Waals surface area (Å²) < 4.78 is 5.03. The quantitative estimate of drug-likeness (QED) is 0.354. The van der Waals surface area contributed by atoms with Crippen LogP contribution < -0.4 is 5.32 Å². The van der Waals surface area contributed by atoms with Crippen LogP contribution >= 0.6 is 23.4 Å². The van der Waals surface area contributed by atoms with Crippen molar-refractivity contribution in [2.45, 2.75) is 25.0 Å². The third kappa shape index (κ3) is 6.99. The number of para-hydroxylation sites is 1. The van der Waals surface area contributed by atoms with Gasteiger partial charge in [-0.05, 0) is 55.3 Å². The number of halogens is 1. The number of benzene rings is 3. The lowest BCUT2D eigenvalue weighted by molar-refractivity contribution is -0.128. The van der Waals surface area contributed by atoms with Crippen LogP contribution in [0.5, 0.6) is 0 Å². The van der Waals surface area contributed by atoms with Crippen molar-refractivity contribution in [3.63, 3.8) is 0 Å². The Hall–Kier alpha value is -3.62. The fourth-order valence-corrected chi connectivity index (χ4v) is 5.11. The zero-order valence-electron chi connectivity index (χ0n) is 20.2. The van der Waals surface area contributed by atoms with E-state index in [9.17, 15) is 14.4 Å². The molecular weight excluding hydrogens is 510 g/mol. The largest absolute Gasteiger partial charge is 0.462 e. The summed E-state index contributed by atoms with van der Waals surface area (Å²) in [6.07, 6.45) is 0.629. The van der Waals surface area contributed by atoms with Crippen LogP contribution in [0.4, 0.5) is 11.4 Å². The molecule has 190 valence electrons. The molecule has 1 atom stereocenters. The second-order valence-electron chi connectivity index (χ2n) is 8.23. The van der Waals surface area contributed by atoms with Gasteiger partial charge in [-0.25, -0.2) is 9.79 Å². The lowest BCUT2D eigenvalue weighted by atomic mass is 10.1. The van der Waals surface area contributed by atoms with Crippen LogP contribution in [0.2, 0.25) is 5.02 Å². The van der Waals surface area contributed by atoms with Crippen LogP contribution in [-0.2, 0) is 20.7 Å². The number of esters is 1. The molecule has 0 saturated carbocycles. The molecule has 7 nitrogen and oxygen atoms in total. The Morgan fingerprint density at radius 1 is 1.03 bits per heavy atom. The highest BCUT2D eigenvalue weighted by atomic mass is 35.5. The molecule has 1 N–H and O–H groups in total. The van der Waals surface area contributed by atoms with Crippen LogP contribution in [0.3, 0.4) is 0 Å². The van der Waals surface area contributed by atoms with Gasteiger partial charge in [0.2, 0.25) is 11.8 Å². The minimum atomic E-state index is -0.615. The maximum Gasteiger partial charge on any atom is 0.338 e. The molecule has 0 bridgehead atoms. The first-order valence-electron chi connectivity index (χ1n) is 11.9. The number of hydrogen-bond donors (Lipinski definition) is 1. The summed E-state index contributed by atoms with van der Waals surface area (Å²) in [4.78, 5) is 44.4. The van der Waals surface area contributed by atoms with Crippen molar-refractivity contribution in [3.8, 4) is 0 Å². The van der Waals surface area contributed by atoms with Gasteiger partial charge in [-0.2, -0.15) is 0 Å². The van der Waals surface area contributed by atoms with Gasteiger partial charge in [-0.15, -0.1) is 0 Å². The van der Waals surface area contributed by atoms with Crippen LogP contribution in [-0.4, -0.2) is 46.3 Å². The number of hydrogen-bond acceptors (Lipinski definition) is 6. The smallest absolute Gasteiger partial charge is 0.338 e. The normalized spacial score (nSPS) is 16.2. The zero-order valence-corrected chi connectivity index (χ0v) is 21.8. The van der Waals surface area contributed by atoms with Crippen LogP contribution in [0.25, 0.3) is 0 Å². The van der Waals surface area contributed by atoms with E-state index in [0.29, 0.717) is 46.7 Å². The summed E-state index contributed by atoms with van der Waals surface area (Å²) in [6.45, 7) is 2.48. The van der Waals surface area contributed by atoms with Gasteiger partial charge < -0.3 is 10.1 Å². The molecule has 1 fully saturated rings. The molecule has 37 heavy (non-hydrogen) atoms. The highest BCUT2D eigenvalue weighted by molar-refractivity contribution is 8.15. The third-order valence-electron chi connectivity index (χ3n) is 5.61. The fourth-order valence-electron chi connectivity index (χ4n) is 3.75. The van der Waals surface area contributed by atoms with E-state index < -0.39 is 11.2 Å². The molecule has 0 spiro atoms. The monoisotopic (exact) mass is 535 g/mol.